The van der Waals surface area contributed by atoms with Crippen molar-refractivity contribution in [1.82, 2.24) is 10.3 Å². The number of nitrogens with two attached hydrogens (primary N) is 1. The van der Waals surface area contributed by atoms with Crippen molar-refractivity contribution >= 4 is 17.7 Å². The lowest BCUT2D eigenvalue weighted by Gasteiger charge is -2.15. The van der Waals surface area contributed by atoms with Crippen LogP contribution < -0.4 is 11.3 Å². The number of hydrogen-bond donors (Lipinski definition) is 2. The monoisotopic (exact) mass is 257 g/mol. The zero-order chi connectivity index (χ0) is 12.7. The summed E-state index contributed by atoms with van der Waals surface area (Å²) in [6.45, 7) is 1.68. The van der Waals surface area contributed by atoms with Gasteiger partial charge in [0.2, 0.25) is 0 Å². The molecule has 3 N–H and O–H groups in total. The van der Waals surface area contributed by atoms with Crippen LogP contribution in [0.1, 0.15) is 22.5 Å². The van der Waals surface area contributed by atoms with Gasteiger partial charge in [-0.1, -0.05) is 0 Å². The molecule has 0 aliphatic heterocycles. The van der Waals surface area contributed by atoms with E-state index in [0.29, 0.717) is 12.3 Å². The number of furan rings is 1. The predicted molar refractivity (Wildman–Crippen MR) is 69.7 cm³/mol. The van der Waals surface area contributed by atoms with Crippen molar-refractivity contribution in [1.29, 1.82) is 0 Å². The molecular formula is C11H19N3O2S. The van der Waals surface area contributed by atoms with Crippen LogP contribution in [-0.4, -0.2) is 36.4 Å². The van der Waals surface area contributed by atoms with E-state index >= 15 is 0 Å². The molecule has 1 amide bonds. The Morgan fingerprint density at radius 2 is 2.41 bits per heavy atom. The minimum atomic E-state index is -0.387. The molecule has 17 heavy (non-hydrogen) atoms. The Morgan fingerprint density at radius 3 is 3.06 bits per heavy atom. The molecular weight excluding hydrogens is 238 g/mol. The first-order chi connectivity index (χ1) is 8.19. The van der Waals surface area contributed by atoms with Gasteiger partial charge < -0.3 is 9.32 Å². The molecule has 0 saturated carbocycles. The minimum Gasteiger partial charge on any atom is -0.459 e. The molecule has 0 aromatic carbocycles. The normalized spacial score (nSPS) is 10.8. The van der Waals surface area contributed by atoms with Gasteiger partial charge in [0.25, 0.3) is 0 Å². The van der Waals surface area contributed by atoms with Crippen LogP contribution in [0.4, 0.5) is 0 Å². The average Bonchev–Trinajstić information content (AvgIpc) is 2.76. The Morgan fingerprint density at radius 1 is 1.65 bits per heavy atom. The summed E-state index contributed by atoms with van der Waals surface area (Å²) in [4.78, 5) is 13.5. The van der Waals surface area contributed by atoms with Gasteiger partial charge in [0, 0.05) is 12.1 Å². The Balaban J connectivity index is 2.50. The van der Waals surface area contributed by atoms with Crippen molar-refractivity contribution in [3.05, 3.63) is 23.7 Å². The van der Waals surface area contributed by atoms with Gasteiger partial charge in [-0.25, -0.2) is 5.84 Å². The third-order valence-electron chi connectivity index (χ3n) is 2.41. The quantitative estimate of drug-likeness (QED) is 0.331. The molecule has 0 saturated heterocycles. The standard InChI is InChI=1S/C11H19N3O2S/c1-14(5-3-7-17-2)8-9-4-6-16-10(9)11(15)13-12/h4,6H,3,5,7-8,12H2,1-2H3,(H,13,15). The summed E-state index contributed by atoms with van der Waals surface area (Å²) in [5.74, 6) is 6.14. The molecule has 0 unspecified atom stereocenters. The van der Waals surface area contributed by atoms with E-state index in [0.717, 1.165) is 24.3 Å². The fourth-order valence-electron chi connectivity index (χ4n) is 1.57. The summed E-state index contributed by atoms with van der Waals surface area (Å²) in [7, 11) is 2.03. The highest BCUT2D eigenvalue weighted by atomic mass is 32.2. The van der Waals surface area contributed by atoms with Crippen molar-refractivity contribution < 1.29 is 9.21 Å². The lowest BCUT2D eigenvalue weighted by molar-refractivity contribution is 0.0923. The van der Waals surface area contributed by atoms with Crippen LogP contribution in [0, 0.1) is 0 Å². The topological polar surface area (TPSA) is 71.5 Å². The molecule has 0 radical (unpaired) electrons. The van der Waals surface area contributed by atoms with Crippen LogP contribution in [-0.2, 0) is 6.54 Å². The van der Waals surface area contributed by atoms with Crippen molar-refractivity contribution in [3.63, 3.8) is 0 Å². The number of nitrogen functional groups attached to an aromatic ring is 1. The number of amides is 1. The number of carbonyl (C=O) groups excluding carboxylic acids is 1. The summed E-state index contributed by atoms with van der Waals surface area (Å²) < 4.78 is 5.12. The van der Waals surface area contributed by atoms with E-state index in [2.05, 4.69) is 16.6 Å². The molecule has 0 aliphatic carbocycles. The van der Waals surface area contributed by atoms with E-state index in [-0.39, 0.29) is 5.91 Å². The summed E-state index contributed by atoms with van der Waals surface area (Å²) in [6.07, 6.45) is 4.74. The zero-order valence-electron chi connectivity index (χ0n) is 10.2. The summed E-state index contributed by atoms with van der Waals surface area (Å²) >= 11 is 1.84. The second-order valence-corrected chi connectivity index (χ2v) is 4.82. The van der Waals surface area contributed by atoms with Crippen molar-refractivity contribution in [2.45, 2.75) is 13.0 Å². The molecule has 1 heterocycles. The maximum absolute atomic E-state index is 11.4. The number of thioether (sulfide) groups is 1. The molecule has 1 aromatic heterocycles. The van der Waals surface area contributed by atoms with E-state index in [4.69, 9.17) is 10.3 Å². The maximum atomic E-state index is 11.4. The van der Waals surface area contributed by atoms with Crippen molar-refractivity contribution in [2.75, 3.05) is 25.6 Å². The van der Waals surface area contributed by atoms with E-state index in [9.17, 15) is 4.79 Å². The first-order valence-corrected chi connectivity index (χ1v) is 6.83. The largest absolute Gasteiger partial charge is 0.459 e. The summed E-state index contributed by atoms with van der Waals surface area (Å²) in [6, 6.07) is 1.80. The van der Waals surface area contributed by atoms with Gasteiger partial charge >= 0.3 is 5.91 Å². The predicted octanol–water partition coefficient (Wildman–Crippen LogP) is 1.07. The number of nitrogens with one attached hydrogen (secondary N) is 1. The van der Waals surface area contributed by atoms with Gasteiger partial charge in [0.1, 0.15) is 0 Å². The van der Waals surface area contributed by atoms with Crippen molar-refractivity contribution in [2.24, 2.45) is 5.84 Å². The fourth-order valence-corrected chi connectivity index (χ4v) is 1.99. The number of carbonyl (C=O) groups is 1. The van der Waals surface area contributed by atoms with Gasteiger partial charge in [-0.2, -0.15) is 11.8 Å². The molecule has 96 valence electrons. The van der Waals surface area contributed by atoms with E-state index in [1.54, 1.807) is 6.07 Å². The third kappa shape index (κ3) is 4.41. The molecule has 0 atom stereocenters. The molecule has 5 nitrogen and oxygen atoms in total. The molecule has 1 rings (SSSR count). The Labute approximate surface area is 106 Å². The van der Waals surface area contributed by atoms with Gasteiger partial charge in [-0.05, 0) is 38.1 Å². The van der Waals surface area contributed by atoms with E-state index < -0.39 is 0 Å². The van der Waals surface area contributed by atoms with Gasteiger partial charge in [0.15, 0.2) is 5.76 Å². The molecule has 0 bridgehead atoms. The van der Waals surface area contributed by atoms with Gasteiger partial charge in [-0.15, -0.1) is 0 Å². The van der Waals surface area contributed by atoms with Crippen LogP contribution in [0.5, 0.6) is 0 Å². The SMILES string of the molecule is CSCCCN(C)Cc1ccoc1C(=O)NN. The second kappa shape index (κ2) is 7.37. The minimum absolute atomic E-state index is 0.296. The Bertz CT molecular complexity index is 354. The highest BCUT2D eigenvalue weighted by Crippen LogP contribution is 2.12. The third-order valence-corrected chi connectivity index (χ3v) is 3.11. The molecule has 6 heteroatoms. The number of rotatable bonds is 7. The van der Waals surface area contributed by atoms with Gasteiger partial charge in [0.05, 0.1) is 6.26 Å². The van der Waals surface area contributed by atoms with Crippen LogP contribution in [0.3, 0.4) is 0 Å². The molecule has 0 fully saturated rings. The van der Waals surface area contributed by atoms with Crippen LogP contribution in [0.2, 0.25) is 0 Å². The first kappa shape index (κ1) is 14.1. The molecule has 1 aromatic rings. The molecule has 0 aliphatic rings. The smallest absolute Gasteiger partial charge is 0.301 e. The first-order valence-electron chi connectivity index (χ1n) is 5.43. The fraction of sp³-hybridized carbons (Fsp3) is 0.545. The van der Waals surface area contributed by atoms with E-state index in [1.165, 1.54) is 6.26 Å². The van der Waals surface area contributed by atoms with Gasteiger partial charge in [-0.3, -0.25) is 10.2 Å². The lowest BCUT2D eigenvalue weighted by Crippen LogP contribution is -2.31. The number of nitrogens with zero attached hydrogens (tertiary/aromatic N) is 1. The number of hydrogen-bond acceptors (Lipinski definition) is 5. The zero-order valence-corrected chi connectivity index (χ0v) is 11.0. The van der Waals surface area contributed by atoms with Crippen LogP contribution in [0.25, 0.3) is 0 Å². The highest BCUT2D eigenvalue weighted by Gasteiger charge is 2.15. The lowest BCUT2D eigenvalue weighted by atomic mass is 10.2. The van der Waals surface area contributed by atoms with Crippen LogP contribution in [0.15, 0.2) is 16.7 Å². The summed E-state index contributed by atoms with van der Waals surface area (Å²) in [5, 5.41) is 0. The average molecular weight is 257 g/mol. The Hall–Kier alpha value is -0.980. The number of hydrazine groups is 1. The molecule has 0 spiro atoms. The van der Waals surface area contributed by atoms with Crippen molar-refractivity contribution in [3.8, 4) is 0 Å². The Kier molecular flexibility index (Phi) is 6.10. The highest BCUT2D eigenvalue weighted by molar-refractivity contribution is 7.98. The second-order valence-electron chi connectivity index (χ2n) is 3.83. The maximum Gasteiger partial charge on any atom is 0.301 e. The summed E-state index contributed by atoms with van der Waals surface area (Å²) in [5.41, 5.74) is 2.94. The van der Waals surface area contributed by atoms with E-state index in [1.807, 2.05) is 18.8 Å². The van der Waals surface area contributed by atoms with Crippen LogP contribution >= 0.6 is 11.8 Å².